The van der Waals surface area contributed by atoms with Crippen LogP contribution >= 0.6 is 0 Å². The second kappa shape index (κ2) is 6.13. The SMILES string of the molecule is O=C(O)CCCCN1CCCC(F)(F)CC1. The molecule has 0 aromatic rings. The molecule has 1 aliphatic rings. The van der Waals surface area contributed by atoms with Crippen molar-refractivity contribution in [1.29, 1.82) is 0 Å². The fraction of sp³-hybridized carbons (Fsp3) is 0.909. The average Bonchev–Trinajstić information content (AvgIpc) is 2.34. The average molecular weight is 235 g/mol. The largest absolute Gasteiger partial charge is 0.481 e. The Morgan fingerprint density at radius 1 is 1.25 bits per heavy atom. The normalized spacial score (nSPS) is 21.6. The lowest BCUT2D eigenvalue weighted by Gasteiger charge is -2.19. The second-order valence-corrected chi connectivity index (χ2v) is 4.40. The Kier molecular flexibility index (Phi) is 5.12. The Bertz CT molecular complexity index is 234. The van der Waals surface area contributed by atoms with Crippen LogP contribution in [0.25, 0.3) is 0 Å². The van der Waals surface area contributed by atoms with Crippen LogP contribution in [0.2, 0.25) is 0 Å². The molecule has 1 N–H and O–H groups in total. The molecule has 0 radical (unpaired) electrons. The van der Waals surface area contributed by atoms with E-state index in [1.165, 1.54) is 0 Å². The number of carbonyl (C=O) groups is 1. The van der Waals surface area contributed by atoms with Crippen molar-refractivity contribution in [2.45, 2.75) is 44.4 Å². The quantitative estimate of drug-likeness (QED) is 0.744. The standard InChI is InChI=1S/C11H19F2NO2/c12-11(13)5-3-8-14(9-6-11)7-2-1-4-10(15)16/h1-9H2,(H,15,16). The molecular weight excluding hydrogens is 216 g/mol. The van der Waals surface area contributed by atoms with Crippen molar-refractivity contribution in [3.63, 3.8) is 0 Å². The molecule has 0 aromatic heterocycles. The van der Waals surface area contributed by atoms with Gasteiger partial charge >= 0.3 is 5.97 Å². The molecule has 0 aliphatic carbocycles. The van der Waals surface area contributed by atoms with Crippen molar-refractivity contribution >= 4 is 5.97 Å². The van der Waals surface area contributed by atoms with Gasteiger partial charge in [0.25, 0.3) is 0 Å². The van der Waals surface area contributed by atoms with E-state index in [4.69, 9.17) is 5.11 Å². The highest BCUT2D eigenvalue weighted by molar-refractivity contribution is 5.66. The number of aliphatic carboxylic acids is 1. The van der Waals surface area contributed by atoms with Crippen LogP contribution < -0.4 is 0 Å². The molecule has 5 heteroatoms. The Labute approximate surface area is 94.4 Å². The Morgan fingerprint density at radius 3 is 2.69 bits per heavy atom. The van der Waals surface area contributed by atoms with Gasteiger partial charge in [-0.1, -0.05) is 0 Å². The molecule has 1 fully saturated rings. The van der Waals surface area contributed by atoms with Crippen molar-refractivity contribution in [2.24, 2.45) is 0 Å². The summed E-state index contributed by atoms with van der Waals surface area (Å²) in [6.07, 6.45) is 2.03. The molecule has 94 valence electrons. The van der Waals surface area contributed by atoms with Gasteiger partial charge in [0.1, 0.15) is 0 Å². The molecule has 3 nitrogen and oxygen atoms in total. The van der Waals surface area contributed by atoms with Gasteiger partial charge in [-0.15, -0.1) is 0 Å². The van der Waals surface area contributed by atoms with Crippen LogP contribution in [0.5, 0.6) is 0 Å². The smallest absolute Gasteiger partial charge is 0.303 e. The summed E-state index contributed by atoms with van der Waals surface area (Å²) >= 11 is 0. The highest BCUT2D eigenvalue weighted by atomic mass is 19.3. The molecule has 1 aliphatic heterocycles. The van der Waals surface area contributed by atoms with Crippen LogP contribution in [0.4, 0.5) is 8.78 Å². The van der Waals surface area contributed by atoms with Crippen LogP contribution in [0.15, 0.2) is 0 Å². The van der Waals surface area contributed by atoms with Gasteiger partial charge < -0.3 is 10.0 Å². The van der Waals surface area contributed by atoms with Gasteiger partial charge in [-0.25, -0.2) is 8.78 Å². The minimum Gasteiger partial charge on any atom is -0.481 e. The first-order valence-electron chi connectivity index (χ1n) is 5.82. The van der Waals surface area contributed by atoms with E-state index in [1.807, 2.05) is 4.90 Å². The van der Waals surface area contributed by atoms with Crippen molar-refractivity contribution in [1.82, 2.24) is 4.90 Å². The summed E-state index contributed by atoms with van der Waals surface area (Å²) < 4.78 is 26.1. The van der Waals surface area contributed by atoms with Gasteiger partial charge in [-0.3, -0.25) is 4.79 Å². The van der Waals surface area contributed by atoms with E-state index in [0.717, 1.165) is 13.0 Å². The molecule has 1 saturated heterocycles. The molecule has 0 unspecified atom stereocenters. The predicted octanol–water partition coefficient (Wildman–Crippen LogP) is 2.36. The van der Waals surface area contributed by atoms with Gasteiger partial charge in [0, 0.05) is 25.8 Å². The summed E-state index contributed by atoms with van der Waals surface area (Å²) in [5.74, 6) is -3.29. The molecule has 0 spiro atoms. The van der Waals surface area contributed by atoms with Crippen molar-refractivity contribution in [3.05, 3.63) is 0 Å². The van der Waals surface area contributed by atoms with E-state index in [9.17, 15) is 13.6 Å². The summed E-state index contributed by atoms with van der Waals surface area (Å²) in [7, 11) is 0. The lowest BCUT2D eigenvalue weighted by atomic mass is 10.1. The minimum absolute atomic E-state index is 0.0153. The van der Waals surface area contributed by atoms with Gasteiger partial charge in [0.05, 0.1) is 0 Å². The molecule has 1 rings (SSSR count). The monoisotopic (exact) mass is 235 g/mol. The van der Waals surface area contributed by atoms with Gasteiger partial charge in [-0.2, -0.15) is 0 Å². The summed E-state index contributed by atoms with van der Waals surface area (Å²) in [5.41, 5.74) is 0. The number of hydrogen-bond donors (Lipinski definition) is 1. The zero-order chi connectivity index (χ0) is 12.0. The lowest BCUT2D eigenvalue weighted by molar-refractivity contribution is -0.137. The maximum atomic E-state index is 13.0. The molecule has 1 heterocycles. The van der Waals surface area contributed by atoms with E-state index in [0.29, 0.717) is 25.9 Å². The first-order chi connectivity index (χ1) is 7.49. The zero-order valence-corrected chi connectivity index (χ0v) is 9.42. The van der Waals surface area contributed by atoms with Gasteiger partial charge in [0.2, 0.25) is 5.92 Å². The number of alkyl halides is 2. The molecule has 0 aromatic carbocycles. The topological polar surface area (TPSA) is 40.5 Å². The number of carboxylic acids is 1. The number of halogens is 2. The number of carboxylic acid groups (broad SMARTS) is 1. The highest BCUT2D eigenvalue weighted by Crippen LogP contribution is 2.27. The first-order valence-corrected chi connectivity index (χ1v) is 5.82. The molecule has 0 bridgehead atoms. The van der Waals surface area contributed by atoms with Crippen molar-refractivity contribution in [2.75, 3.05) is 19.6 Å². The molecule has 0 amide bonds. The van der Waals surface area contributed by atoms with Crippen LogP contribution in [0.1, 0.15) is 38.5 Å². The number of rotatable bonds is 5. The van der Waals surface area contributed by atoms with Gasteiger partial charge in [0.15, 0.2) is 0 Å². The Morgan fingerprint density at radius 2 is 2.00 bits per heavy atom. The minimum atomic E-state index is -2.50. The third kappa shape index (κ3) is 5.39. The van der Waals surface area contributed by atoms with Crippen LogP contribution in [0.3, 0.4) is 0 Å². The maximum absolute atomic E-state index is 13.0. The summed E-state index contributed by atoms with van der Waals surface area (Å²) in [4.78, 5) is 12.3. The van der Waals surface area contributed by atoms with Crippen molar-refractivity contribution in [3.8, 4) is 0 Å². The molecule has 0 atom stereocenters. The molecule has 0 saturated carbocycles. The zero-order valence-electron chi connectivity index (χ0n) is 9.42. The maximum Gasteiger partial charge on any atom is 0.303 e. The van der Waals surface area contributed by atoms with Crippen molar-refractivity contribution < 1.29 is 18.7 Å². The lowest BCUT2D eigenvalue weighted by Crippen LogP contribution is -2.27. The van der Waals surface area contributed by atoms with E-state index in [-0.39, 0.29) is 19.3 Å². The summed E-state index contributed by atoms with van der Waals surface area (Å²) in [5, 5.41) is 8.45. The van der Waals surface area contributed by atoms with Crippen LogP contribution in [0, 0.1) is 0 Å². The van der Waals surface area contributed by atoms with E-state index in [1.54, 1.807) is 0 Å². The first kappa shape index (κ1) is 13.4. The number of hydrogen-bond acceptors (Lipinski definition) is 2. The second-order valence-electron chi connectivity index (χ2n) is 4.40. The molecular formula is C11H19F2NO2. The summed E-state index contributed by atoms with van der Waals surface area (Å²) in [6.45, 7) is 1.88. The van der Waals surface area contributed by atoms with Crippen LogP contribution in [-0.2, 0) is 4.79 Å². The van der Waals surface area contributed by atoms with Crippen LogP contribution in [-0.4, -0.2) is 41.5 Å². The predicted molar refractivity (Wildman–Crippen MR) is 56.7 cm³/mol. The third-order valence-electron chi connectivity index (χ3n) is 2.93. The van der Waals surface area contributed by atoms with E-state index >= 15 is 0 Å². The fourth-order valence-electron chi connectivity index (χ4n) is 1.96. The third-order valence-corrected chi connectivity index (χ3v) is 2.93. The Hall–Kier alpha value is -0.710. The summed E-state index contributed by atoms with van der Waals surface area (Å²) in [6, 6.07) is 0. The van der Waals surface area contributed by atoms with E-state index < -0.39 is 11.9 Å². The Balaban J connectivity index is 2.15. The number of likely N-dealkylation sites (tertiary alicyclic amines) is 1. The van der Waals surface area contributed by atoms with Gasteiger partial charge in [-0.05, 0) is 32.4 Å². The number of nitrogens with zero attached hydrogens (tertiary/aromatic N) is 1. The molecule has 16 heavy (non-hydrogen) atoms. The number of unbranched alkanes of at least 4 members (excludes halogenated alkanes) is 1. The van der Waals surface area contributed by atoms with E-state index in [2.05, 4.69) is 0 Å². The fourth-order valence-corrected chi connectivity index (χ4v) is 1.96. The highest BCUT2D eigenvalue weighted by Gasteiger charge is 2.31.